The van der Waals surface area contributed by atoms with E-state index in [9.17, 15) is 0 Å². The number of fused-ring (bicyclic) bond motifs is 1. The maximum atomic E-state index is 6.21. The van der Waals surface area contributed by atoms with Gasteiger partial charge in [-0.05, 0) is 58.1 Å². The Labute approximate surface area is 156 Å². The predicted molar refractivity (Wildman–Crippen MR) is 104 cm³/mol. The summed E-state index contributed by atoms with van der Waals surface area (Å²) >= 11 is 0. The van der Waals surface area contributed by atoms with Gasteiger partial charge in [0.25, 0.3) is 0 Å². The Kier molecular flexibility index (Phi) is 4.31. The summed E-state index contributed by atoms with van der Waals surface area (Å²) in [4.78, 5) is 4.68. The van der Waals surface area contributed by atoms with Gasteiger partial charge in [-0.2, -0.15) is 0 Å². The monoisotopic (exact) mass is 356 g/mol. The summed E-state index contributed by atoms with van der Waals surface area (Å²) in [5.74, 6) is 0.843. The van der Waals surface area contributed by atoms with Crippen LogP contribution in [0.4, 0.5) is 0 Å². The summed E-state index contributed by atoms with van der Waals surface area (Å²) in [6.45, 7) is 8.28. The molecule has 2 fully saturated rings. The highest BCUT2D eigenvalue weighted by Crippen LogP contribution is 2.38. The zero-order chi connectivity index (χ0) is 18.5. The number of ether oxygens (including phenoxy) is 1. The minimum Gasteiger partial charge on any atom is -0.495 e. The van der Waals surface area contributed by atoms with E-state index in [0.29, 0.717) is 6.04 Å². The molecule has 2 aromatic rings. The average Bonchev–Trinajstić information content (AvgIpc) is 3.13. The first-order valence-corrected chi connectivity index (χ1v) is 9.72. The Balaban J connectivity index is 1.73. The van der Waals surface area contributed by atoms with Crippen LogP contribution in [0.25, 0.3) is 11.0 Å². The van der Waals surface area contributed by atoms with Gasteiger partial charge in [0.15, 0.2) is 0 Å². The second kappa shape index (κ2) is 6.27. The zero-order valence-corrected chi connectivity index (χ0v) is 16.5. The molecule has 0 unspecified atom stereocenters. The molecular weight excluding hydrogens is 327 g/mol. The van der Waals surface area contributed by atoms with Crippen molar-refractivity contribution in [3.63, 3.8) is 0 Å². The minimum absolute atomic E-state index is 0.360. The van der Waals surface area contributed by atoms with Crippen molar-refractivity contribution < 1.29 is 14.0 Å². The van der Waals surface area contributed by atoms with Crippen LogP contribution in [0.2, 0.25) is 0 Å². The molecule has 6 heteroatoms. The standard InChI is InChI=1S/C20H29BN2O3/c1-19(2)20(3,4)26-21(25-19)14-11-16-18(17(12-14)24-5)23(13-22-16)15-9-7-6-8-10-15/h11-13,15H,6-10H2,1-5H3. The fourth-order valence-corrected chi connectivity index (χ4v) is 4.06. The SMILES string of the molecule is COc1cc(B2OC(C)(C)C(C)(C)O2)cc2ncn(C3CCCCC3)c12. The van der Waals surface area contributed by atoms with Crippen LogP contribution in [0.15, 0.2) is 18.5 Å². The van der Waals surface area contributed by atoms with Gasteiger partial charge < -0.3 is 18.6 Å². The molecule has 140 valence electrons. The van der Waals surface area contributed by atoms with E-state index in [2.05, 4.69) is 43.3 Å². The van der Waals surface area contributed by atoms with E-state index in [1.165, 1.54) is 32.1 Å². The van der Waals surface area contributed by atoms with Crippen LogP contribution in [0.1, 0.15) is 65.8 Å². The van der Waals surface area contributed by atoms with Crippen molar-refractivity contribution in [1.82, 2.24) is 9.55 Å². The molecule has 5 nitrogen and oxygen atoms in total. The molecule has 0 radical (unpaired) electrons. The second-order valence-electron chi connectivity index (χ2n) is 8.62. The van der Waals surface area contributed by atoms with E-state index in [1.807, 2.05) is 12.4 Å². The van der Waals surface area contributed by atoms with Crippen LogP contribution in [-0.2, 0) is 9.31 Å². The van der Waals surface area contributed by atoms with Crippen molar-refractivity contribution in [2.45, 2.75) is 77.0 Å². The van der Waals surface area contributed by atoms with E-state index < -0.39 is 7.12 Å². The summed E-state index contributed by atoms with van der Waals surface area (Å²) in [5.41, 5.74) is 2.27. The molecule has 1 aliphatic carbocycles. The number of imidazole rings is 1. The molecule has 1 aromatic carbocycles. The molecular formula is C20H29BN2O3. The van der Waals surface area contributed by atoms with Crippen LogP contribution in [0, 0.1) is 0 Å². The van der Waals surface area contributed by atoms with E-state index in [1.54, 1.807) is 7.11 Å². The lowest BCUT2D eigenvalue weighted by atomic mass is 9.78. The van der Waals surface area contributed by atoms with Crippen LogP contribution in [-0.4, -0.2) is 35.0 Å². The molecule has 26 heavy (non-hydrogen) atoms. The van der Waals surface area contributed by atoms with Crippen LogP contribution in [0.3, 0.4) is 0 Å². The predicted octanol–water partition coefficient (Wildman–Crippen LogP) is 3.85. The topological polar surface area (TPSA) is 45.5 Å². The molecule has 0 N–H and O–H groups in total. The number of hydrogen-bond acceptors (Lipinski definition) is 4. The average molecular weight is 356 g/mol. The molecule has 2 aliphatic rings. The molecule has 1 aromatic heterocycles. The van der Waals surface area contributed by atoms with Crippen molar-refractivity contribution in [2.75, 3.05) is 7.11 Å². The van der Waals surface area contributed by atoms with Crippen molar-refractivity contribution in [2.24, 2.45) is 0 Å². The lowest BCUT2D eigenvalue weighted by Gasteiger charge is -2.32. The molecule has 0 spiro atoms. The van der Waals surface area contributed by atoms with E-state index >= 15 is 0 Å². The number of nitrogens with zero attached hydrogens (tertiary/aromatic N) is 2. The highest BCUT2D eigenvalue weighted by atomic mass is 16.7. The van der Waals surface area contributed by atoms with Crippen molar-refractivity contribution in [3.8, 4) is 5.75 Å². The Hall–Kier alpha value is -1.53. The lowest BCUT2D eigenvalue weighted by Crippen LogP contribution is -2.41. The zero-order valence-electron chi connectivity index (χ0n) is 16.5. The summed E-state index contributed by atoms with van der Waals surface area (Å²) in [7, 11) is 1.32. The number of hydrogen-bond donors (Lipinski definition) is 0. The Morgan fingerprint density at radius 1 is 1.08 bits per heavy atom. The van der Waals surface area contributed by atoms with Gasteiger partial charge in [-0.3, -0.25) is 0 Å². The Morgan fingerprint density at radius 2 is 1.73 bits per heavy atom. The van der Waals surface area contributed by atoms with Crippen molar-refractivity contribution in [3.05, 3.63) is 18.5 Å². The third kappa shape index (κ3) is 2.83. The molecule has 1 aliphatic heterocycles. The minimum atomic E-state index is -0.405. The first-order valence-electron chi connectivity index (χ1n) is 9.72. The summed E-state index contributed by atoms with van der Waals surface area (Å²) in [5, 5.41) is 0. The van der Waals surface area contributed by atoms with Crippen molar-refractivity contribution in [1.29, 1.82) is 0 Å². The fourth-order valence-electron chi connectivity index (χ4n) is 4.06. The summed E-state index contributed by atoms with van der Waals surface area (Å²) in [6.07, 6.45) is 8.32. The molecule has 2 heterocycles. The molecule has 1 saturated heterocycles. The van der Waals surface area contributed by atoms with Gasteiger partial charge in [-0.15, -0.1) is 0 Å². The highest BCUT2D eigenvalue weighted by Gasteiger charge is 2.52. The van der Waals surface area contributed by atoms with Gasteiger partial charge >= 0.3 is 7.12 Å². The van der Waals surface area contributed by atoms with E-state index in [0.717, 1.165) is 22.2 Å². The maximum Gasteiger partial charge on any atom is 0.495 e. The van der Waals surface area contributed by atoms with Gasteiger partial charge in [0, 0.05) is 6.04 Å². The highest BCUT2D eigenvalue weighted by molar-refractivity contribution is 6.62. The van der Waals surface area contributed by atoms with Gasteiger partial charge in [-0.25, -0.2) is 4.98 Å². The summed E-state index contributed by atoms with van der Waals surface area (Å²) in [6, 6.07) is 4.65. The number of methoxy groups -OCH3 is 1. The maximum absolute atomic E-state index is 6.21. The third-order valence-electron chi connectivity index (χ3n) is 6.37. The van der Waals surface area contributed by atoms with Gasteiger partial charge in [0.2, 0.25) is 0 Å². The van der Waals surface area contributed by atoms with Crippen LogP contribution < -0.4 is 10.2 Å². The first-order chi connectivity index (χ1) is 12.3. The lowest BCUT2D eigenvalue weighted by molar-refractivity contribution is 0.00578. The normalized spacial score (nSPS) is 22.9. The van der Waals surface area contributed by atoms with E-state index in [-0.39, 0.29) is 11.2 Å². The Morgan fingerprint density at radius 3 is 2.35 bits per heavy atom. The van der Waals surface area contributed by atoms with Gasteiger partial charge in [0.1, 0.15) is 11.3 Å². The molecule has 0 amide bonds. The number of aromatic nitrogens is 2. The third-order valence-corrected chi connectivity index (χ3v) is 6.37. The molecule has 0 atom stereocenters. The largest absolute Gasteiger partial charge is 0.495 e. The van der Waals surface area contributed by atoms with Gasteiger partial charge in [0.05, 0.1) is 30.2 Å². The Bertz CT molecular complexity index is 793. The van der Waals surface area contributed by atoms with Crippen molar-refractivity contribution >= 4 is 23.6 Å². The molecule has 1 saturated carbocycles. The number of rotatable bonds is 3. The van der Waals surface area contributed by atoms with Gasteiger partial charge in [-0.1, -0.05) is 19.3 Å². The number of benzene rings is 1. The molecule has 4 rings (SSSR count). The molecule has 0 bridgehead atoms. The van der Waals surface area contributed by atoms with E-state index in [4.69, 9.17) is 14.0 Å². The summed E-state index contributed by atoms with van der Waals surface area (Å²) < 4.78 is 20.5. The quantitative estimate of drug-likeness (QED) is 0.784. The van der Waals surface area contributed by atoms with Crippen LogP contribution in [0.5, 0.6) is 5.75 Å². The smallest absolute Gasteiger partial charge is 0.495 e. The fraction of sp³-hybridized carbons (Fsp3) is 0.650. The van der Waals surface area contributed by atoms with Crippen LogP contribution >= 0.6 is 0 Å². The second-order valence-corrected chi connectivity index (χ2v) is 8.62. The first kappa shape index (κ1) is 17.9.